The third kappa shape index (κ3) is 2.66. The van der Waals surface area contributed by atoms with Crippen molar-refractivity contribution in [1.82, 2.24) is 4.90 Å². The first-order chi connectivity index (χ1) is 8.63. The molecule has 18 heavy (non-hydrogen) atoms. The standard InChI is InChI=1S/C13H21NO4/c1-2-9-8-14(6-7-18-9)12(15)10-4-3-5-11(10)13(16)17/h9-11H,2-8H2,1H3,(H,16,17)/t9?,10-,11+/m1/s1. The van der Waals surface area contributed by atoms with Gasteiger partial charge in [-0.1, -0.05) is 13.3 Å². The Kier molecular flexibility index (Phi) is 4.22. The predicted octanol–water partition coefficient (Wildman–Crippen LogP) is 1.12. The number of carboxylic acid groups (broad SMARTS) is 1. The molecule has 0 aromatic heterocycles. The molecule has 3 atom stereocenters. The van der Waals surface area contributed by atoms with Crippen molar-refractivity contribution in [1.29, 1.82) is 0 Å². The average Bonchev–Trinajstić information content (AvgIpc) is 2.87. The Labute approximate surface area is 107 Å². The van der Waals surface area contributed by atoms with Crippen LogP contribution < -0.4 is 0 Å². The van der Waals surface area contributed by atoms with Gasteiger partial charge in [0.15, 0.2) is 0 Å². The molecule has 0 radical (unpaired) electrons. The van der Waals surface area contributed by atoms with Crippen LogP contribution in [-0.4, -0.2) is 47.7 Å². The Morgan fingerprint density at radius 3 is 2.72 bits per heavy atom. The summed E-state index contributed by atoms with van der Waals surface area (Å²) in [5.74, 6) is -1.62. The number of morpholine rings is 1. The fraction of sp³-hybridized carbons (Fsp3) is 0.846. The number of hydrogen-bond acceptors (Lipinski definition) is 3. The Balaban J connectivity index is 1.99. The number of ether oxygens (including phenoxy) is 1. The van der Waals surface area contributed by atoms with Gasteiger partial charge in [-0.25, -0.2) is 0 Å². The zero-order valence-electron chi connectivity index (χ0n) is 10.8. The van der Waals surface area contributed by atoms with Gasteiger partial charge in [0.1, 0.15) is 0 Å². The maximum atomic E-state index is 12.4. The van der Waals surface area contributed by atoms with Crippen LogP contribution in [0.2, 0.25) is 0 Å². The molecule has 2 rings (SSSR count). The van der Waals surface area contributed by atoms with Gasteiger partial charge in [-0.2, -0.15) is 0 Å². The lowest BCUT2D eigenvalue weighted by Crippen LogP contribution is -2.48. The summed E-state index contributed by atoms with van der Waals surface area (Å²) in [5.41, 5.74) is 0. The molecule has 0 bridgehead atoms. The normalized spacial score (nSPS) is 32.5. The molecule has 1 unspecified atom stereocenters. The average molecular weight is 255 g/mol. The molecule has 1 amide bonds. The number of carbonyl (C=O) groups excluding carboxylic acids is 1. The molecule has 0 aromatic carbocycles. The molecule has 1 saturated carbocycles. The molecule has 2 aliphatic rings. The van der Waals surface area contributed by atoms with Crippen LogP contribution in [0.15, 0.2) is 0 Å². The van der Waals surface area contributed by atoms with Crippen molar-refractivity contribution in [2.24, 2.45) is 11.8 Å². The topological polar surface area (TPSA) is 66.8 Å². The first-order valence-corrected chi connectivity index (χ1v) is 6.76. The van der Waals surface area contributed by atoms with E-state index >= 15 is 0 Å². The highest BCUT2D eigenvalue weighted by Gasteiger charge is 2.40. The SMILES string of the molecule is CCC1CN(C(=O)[C@@H]2CCC[C@@H]2C(=O)O)CCO1. The van der Waals surface area contributed by atoms with E-state index in [0.29, 0.717) is 32.5 Å². The van der Waals surface area contributed by atoms with Gasteiger partial charge in [0.2, 0.25) is 5.91 Å². The minimum atomic E-state index is -0.828. The molecule has 102 valence electrons. The van der Waals surface area contributed by atoms with E-state index in [1.54, 1.807) is 4.90 Å². The van der Waals surface area contributed by atoms with Gasteiger partial charge in [-0.15, -0.1) is 0 Å². The van der Waals surface area contributed by atoms with E-state index in [-0.39, 0.29) is 17.9 Å². The van der Waals surface area contributed by atoms with E-state index in [4.69, 9.17) is 9.84 Å². The lowest BCUT2D eigenvalue weighted by atomic mass is 9.94. The van der Waals surface area contributed by atoms with E-state index in [2.05, 4.69) is 0 Å². The molecule has 2 fully saturated rings. The highest BCUT2D eigenvalue weighted by atomic mass is 16.5. The van der Waals surface area contributed by atoms with Gasteiger partial charge in [-0.3, -0.25) is 9.59 Å². The third-order valence-electron chi connectivity index (χ3n) is 4.06. The summed E-state index contributed by atoms with van der Waals surface area (Å²) < 4.78 is 5.53. The molecule has 5 nitrogen and oxygen atoms in total. The molecule has 1 saturated heterocycles. The number of carboxylic acids is 1. The zero-order valence-corrected chi connectivity index (χ0v) is 10.8. The van der Waals surface area contributed by atoms with Crippen LogP contribution in [0.25, 0.3) is 0 Å². The predicted molar refractivity (Wildman–Crippen MR) is 65.1 cm³/mol. The smallest absolute Gasteiger partial charge is 0.307 e. The molecular formula is C13H21NO4. The number of aliphatic carboxylic acids is 1. The molecule has 1 heterocycles. The molecule has 1 aliphatic heterocycles. The molecule has 0 spiro atoms. The molecule has 1 N–H and O–H groups in total. The van der Waals surface area contributed by atoms with Gasteiger partial charge >= 0.3 is 5.97 Å². The number of amides is 1. The summed E-state index contributed by atoms with van der Waals surface area (Å²) in [5, 5.41) is 9.13. The van der Waals surface area contributed by atoms with Crippen molar-refractivity contribution in [3.05, 3.63) is 0 Å². The minimum Gasteiger partial charge on any atom is -0.481 e. The maximum absolute atomic E-state index is 12.4. The fourth-order valence-corrected chi connectivity index (χ4v) is 2.95. The molecule has 5 heteroatoms. The van der Waals surface area contributed by atoms with Gasteiger partial charge in [0.05, 0.1) is 24.5 Å². The second-order valence-corrected chi connectivity index (χ2v) is 5.17. The Hall–Kier alpha value is -1.10. The lowest BCUT2D eigenvalue weighted by molar-refractivity contribution is -0.152. The van der Waals surface area contributed by atoms with Crippen molar-refractivity contribution in [3.8, 4) is 0 Å². The Morgan fingerprint density at radius 1 is 1.33 bits per heavy atom. The summed E-state index contributed by atoms with van der Waals surface area (Å²) in [6.45, 7) is 3.80. The summed E-state index contributed by atoms with van der Waals surface area (Å²) >= 11 is 0. The number of carbonyl (C=O) groups is 2. The van der Waals surface area contributed by atoms with Crippen molar-refractivity contribution in [2.75, 3.05) is 19.7 Å². The zero-order chi connectivity index (χ0) is 13.1. The Bertz CT molecular complexity index is 331. The van der Waals surface area contributed by atoms with Crippen LogP contribution in [0.1, 0.15) is 32.6 Å². The van der Waals surface area contributed by atoms with E-state index in [1.807, 2.05) is 6.92 Å². The Morgan fingerprint density at radius 2 is 2.06 bits per heavy atom. The number of hydrogen-bond donors (Lipinski definition) is 1. The second kappa shape index (κ2) is 5.69. The lowest BCUT2D eigenvalue weighted by Gasteiger charge is -2.34. The van der Waals surface area contributed by atoms with Gasteiger partial charge < -0.3 is 14.7 Å². The van der Waals surface area contributed by atoms with E-state index < -0.39 is 11.9 Å². The van der Waals surface area contributed by atoms with Crippen molar-refractivity contribution < 1.29 is 19.4 Å². The van der Waals surface area contributed by atoms with Crippen molar-refractivity contribution in [2.45, 2.75) is 38.7 Å². The molecular weight excluding hydrogens is 234 g/mol. The van der Waals surface area contributed by atoms with Crippen LogP contribution in [0.4, 0.5) is 0 Å². The van der Waals surface area contributed by atoms with Gasteiger partial charge in [0, 0.05) is 13.1 Å². The fourth-order valence-electron chi connectivity index (χ4n) is 2.95. The van der Waals surface area contributed by atoms with Crippen LogP contribution in [0.3, 0.4) is 0 Å². The van der Waals surface area contributed by atoms with E-state index in [0.717, 1.165) is 12.8 Å². The number of nitrogens with zero attached hydrogens (tertiary/aromatic N) is 1. The first-order valence-electron chi connectivity index (χ1n) is 6.76. The largest absolute Gasteiger partial charge is 0.481 e. The quantitative estimate of drug-likeness (QED) is 0.820. The highest BCUT2D eigenvalue weighted by molar-refractivity contribution is 5.85. The van der Waals surface area contributed by atoms with Crippen LogP contribution in [0, 0.1) is 11.8 Å². The monoisotopic (exact) mass is 255 g/mol. The summed E-state index contributed by atoms with van der Waals surface area (Å²) in [4.78, 5) is 25.3. The van der Waals surface area contributed by atoms with E-state index in [9.17, 15) is 9.59 Å². The summed E-state index contributed by atoms with van der Waals surface area (Å²) in [7, 11) is 0. The van der Waals surface area contributed by atoms with Gasteiger partial charge in [-0.05, 0) is 19.3 Å². The highest BCUT2D eigenvalue weighted by Crippen LogP contribution is 2.33. The molecule has 0 aromatic rings. The van der Waals surface area contributed by atoms with Gasteiger partial charge in [0.25, 0.3) is 0 Å². The van der Waals surface area contributed by atoms with Crippen molar-refractivity contribution >= 4 is 11.9 Å². The maximum Gasteiger partial charge on any atom is 0.307 e. The van der Waals surface area contributed by atoms with E-state index in [1.165, 1.54) is 0 Å². The molecule has 1 aliphatic carbocycles. The van der Waals surface area contributed by atoms with Crippen LogP contribution in [0.5, 0.6) is 0 Å². The second-order valence-electron chi connectivity index (χ2n) is 5.17. The minimum absolute atomic E-state index is 0.0154. The summed E-state index contributed by atoms with van der Waals surface area (Å²) in [6, 6.07) is 0. The number of rotatable bonds is 3. The summed E-state index contributed by atoms with van der Waals surface area (Å²) in [6.07, 6.45) is 3.18. The first kappa shape index (κ1) is 13.3. The third-order valence-corrected chi connectivity index (χ3v) is 4.06. The van der Waals surface area contributed by atoms with Crippen LogP contribution in [-0.2, 0) is 14.3 Å². The van der Waals surface area contributed by atoms with Crippen LogP contribution >= 0.6 is 0 Å². The van der Waals surface area contributed by atoms with Crippen molar-refractivity contribution in [3.63, 3.8) is 0 Å².